The number of allylic oxidation sites excluding steroid dienone is 1. The minimum absolute atomic E-state index is 0.0268. The van der Waals surface area contributed by atoms with Gasteiger partial charge in [0.05, 0.1) is 12.3 Å². The molecular weight excluding hydrogens is 234 g/mol. The third-order valence-electron chi connectivity index (χ3n) is 3.80. The Bertz CT molecular complexity index is 471. The Morgan fingerprint density at radius 2 is 1.95 bits per heavy atom. The fraction of sp³-hybridized carbons (Fsp3) is 0.471. The number of rotatable bonds is 5. The molecule has 0 aromatic heterocycles. The molecule has 1 aromatic rings. The lowest BCUT2D eigenvalue weighted by atomic mass is 9.85. The van der Waals surface area contributed by atoms with Crippen molar-refractivity contribution in [3.05, 3.63) is 41.1 Å². The number of aliphatic hydroxyl groups is 1. The SMILES string of the molecule is CCCc1ccc(C2=C(CO)N=CCC2CC)cc1. The minimum atomic E-state index is 0.0268. The largest absolute Gasteiger partial charge is 0.390 e. The lowest BCUT2D eigenvalue weighted by Gasteiger charge is -2.23. The number of aliphatic hydroxyl groups excluding tert-OH is 1. The second kappa shape index (κ2) is 6.67. The molecule has 1 aliphatic rings. The van der Waals surface area contributed by atoms with Crippen LogP contribution in [0.15, 0.2) is 35.0 Å². The van der Waals surface area contributed by atoms with Gasteiger partial charge in [-0.25, -0.2) is 0 Å². The normalized spacial score (nSPS) is 19.0. The van der Waals surface area contributed by atoms with Crippen LogP contribution in [-0.2, 0) is 6.42 Å². The van der Waals surface area contributed by atoms with E-state index >= 15 is 0 Å². The summed E-state index contributed by atoms with van der Waals surface area (Å²) < 4.78 is 0. The van der Waals surface area contributed by atoms with Gasteiger partial charge >= 0.3 is 0 Å². The van der Waals surface area contributed by atoms with Gasteiger partial charge in [-0.2, -0.15) is 0 Å². The molecule has 19 heavy (non-hydrogen) atoms. The third kappa shape index (κ3) is 3.13. The standard InChI is InChI=1S/C17H23NO/c1-3-5-13-6-8-15(9-7-13)17-14(4-2)10-11-18-16(17)12-19/h6-9,11,14,19H,3-5,10,12H2,1-2H3. The van der Waals surface area contributed by atoms with Crippen molar-refractivity contribution in [2.75, 3.05) is 6.61 Å². The molecule has 1 unspecified atom stereocenters. The van der Waals surface area contributed by atoms with Crippen LogP contribution in [0.5, 0.6) is 0 Å². The minimum Gasteiger partial charge on any atom is -0.390 e. The molecule has 0 saturated heterocycles. The van der Waals surface area contributed by atoms with Crippen LogP contribution in [-0.4, -0.2) is 17.9 Å². The molecule has 1 aliphatic heterocycles. The molecule has 0 aliphatic carbocycles. The zero-order chi connectivity index (χ0) is 13.7. The van der Waals surface area contributed by atoms with E-state index in [-0.39, 0.29) is 6.61 Å². The highest BCUT2D eigenvalue weighted by atomic mass is 16.3. The maximum absolute atomic E-state index is 9.50. The van der Waals surface area contributed by atoms with Gasteiger partial charge in [-0.15, -0.1) is 0 Å². The quantitative estimate of drug-likeness (QED) is 0.854. The number of aliphatic imine (C=N–C) groups is 1. The van der Waals surface area contributed by atoms with Gasteiger partial charge in [-0.05, 0) is 41.9 Å². The van der Waals surface area contributed by atoms with Gasteiger partial charge in [-0.3, -0.25) is 4.99 Å². The van der Waals surface area contributed by atoms with Gasteiger partial charge < -0.3 is 5.11 Å². The van der Waals surface area contributed by atoms with E-state index in [1.54, 1.807) is 0 Å². The van der Waals surface area contributed by atoms with Crippen LogP contribution in [0.3, 0.4) is 0 Å². The first kappa shape index (κ1) is 14.0. The molecule has 1 aromatic carbocycles. The van der Waals surface area contributed by atoms with E-state index in [1.807, 2.05) is 6.21 Å². The summed E-state index contributed by atoms with van der Waals surface area (Å²) in [6.45, 7) is 4.42. The Balaban J connectivity index is 2.35. The topological polar surface area (TPSA) is 32.6 Å². The monoisotopic (exact) mass is 257 g/mol. The fourth-order valence-electron chi connectivity index (χ4n) is 2.75. The van der Waals surface area contributed by atoms with Crippen LogP contribution < -0.4 is 0 Å². The summed E-state index contributed by atoms with van der Waals surface area (Å²) in [5, 5.41) is 9.50. The molecule has 102 valence electrons. The fourth-order valence-corrected chi connectivity index (χ4v) is 2.75. The highest BCUT2D eigenvalue weighted by Crippen LogP contribution is 2.34. The summed E-state index contributed by atoms with van der Waals surface area (Å²) in [5.41, 5.74) is 4.66. The van der Waals surface area contributed by atoms with E-state index in [0.717, 1.165) is 25.0 Å². The molecule has 0 bridgehead atoms. The van der Waals surface area contributed by atoms with Crippen molar-refractivity contribution in [1.29, 1.82) is 0 Å². The van der Waals surface area contributed by atoms with Crippen molar-refractivity contribution in [1.82, 2.24) is 0 Å². The molecule has 2 nitrogen and oxygen atoms in total. The number of benzene rings is 1. The Hall–Kier alpha value is -1.41. The van der Waals surface area contributed by atoms with Crippen LogP contribution >= 0.6 is 0 Å². The highest BCUT2D eigenvalue weighted by Gasteiger charge is 2.20. The molecule has 0 fully saturated rings. The summed E-state index contributed by atoms with van der Waals surface area (Å²) >= 11 is 0. The molecule has 0 amide bonds. The average molecular weight is 257 g/mol. The number of hydrogen-bond acceptors (Lipinski definition) is 2. The lowest BCUT2D eigenvalue weighted by Crippen LogP contribution is -2.12. The van der Waals surface area contributed by atoms with Crippen LogP contribution in [0, 0.1) is 5.92 Å². The van der Waals surface area contributed by atoms with Gasteiger partial charge in [0.2, 0.25) is 0 Å². The lowest BCUT2D eigenvalue weighted by molar-refractivity contribution is 0.329. The first-order chi connectivity index (χ1) is 9.30. The molecule has 2 rings (SSSR count). The van der Waals surface area contributed by atoms with Crippen molar-refractivity contribution >= 4 is 11.8 Å². The van der Waals surface area contributed by atoms with Crippen molar-refractivity contribution in [2.24, 2.45) is 10.9 Å². The average Bonchev–Trinajstić information content (AvgIpc) is 2.47. The predicted octanol–water partition coefficient (Wildman–Crippen LogP) is 3.84. The zero-order valence-electron chi connectivity index (χ0n) is 11.9. The van der Waals surface area contributed by atoms with E-state index < -0.39 is 0 Å². The second-order valence-corrected chi connectivity index (χ2v) is 5.12. The van der Waals surface area contributed by atoms with E-state index in [2.05, 4.69) is 43.1 Å². The predicted molar refractivity (Wildman–Crippen MR) is 81.3 cm³/mol. The van der Waals surface area contributed by atoms with Crippen LogP contribution in [0.4, 0.5) is 0 Å². The first-order valence-electron chi connectivity index (χ1n) is 7.25. The summed E-state index contributed by atoms with van der Waals surface area (Å²) in [6.07, 6.45) is 6.30. The Kier molecular flexibility index (Phi) is 4.92. The van der Waals surface area contributed by atoms with E-state index in [0.29, 0.717) is 5.92 Å². The van der Waals surface area contributed by atoms with Crippen LogP contribution in [0.1, 0.15) is 44.2 Å². The highest BCUT2D eigenvalue weighted by molar-refractivity contribution is 5.78. The maximum Gasteiger partial charge on any atom is 0.0855 e. The zero-order valence-corrected chi connectivity index (χ0v) is 11.9. The van der Waals surface area contributed by atoms with E-state index in [9.17, 15) is 5.11 Å². The summed E-state index contributed by atoms with van der Waals surface area (Å²) in [4.78, 5) is 4.37. The Morgan fingerprint density at radius 3 is 2.53 bits per heavy atom. The van der Waals surface area contributed by atoms with Gasteiger partial charge in [-0.1, -0.05) is 44.5 Å². The van der Waals surface area contributed by atoms with Crippen LogP contribution in [0.25, 0.3) is 5.57 Å². The third-order valence-corrected chi connectivity index (χ3v) is 3.80. The molecule has 1 heterocycles. The molecule has 0 radical (unpaired) electrons. The molecule has 0 saturated carbocycles. The summed E-state index contributed by atoms with van der Waals surface area (Å²) in [5.74, 6) is 0.483. The van der Waals surface area contributed by atoms with Crippen molar-refractivity contribution in [2.45, 2.75) is 39.5 Å². The molecule has 0 spiro atoms. The van der Waals surface area contributed by atoms with Gasteiger partial charge in [0.15, 0.2) is 0 Å². The van der Waals surface area contributed by atoms with E-state index in [4.69, 9.17) is 0 Å². The Morgan fingerprint density at radius 1 is 1.21 bits per heavy atom. The number of hydrogen-bond donors (Lipinski definition) is 1. The molecule has 1 atom stereocenters. The maximum atomic E-state index is 9.50. The second-order valence-electron chi connectivity index (χ2n) is 5.12. The summed E-state index contributed by atoms with van der Waals surface area (Å²) in [6, 6.07) is 8.76. The van der Waals surface area contributed by atoms with Gasteiger partial charge in [0.1, 0.15) is 0 Å². The summed E-state index contributed by atoms with van der Waals surface area (Å²) in [7, 11) is 0. The number of aryl methyl sites for hydroxylation is 1. The molecular formula is C17H23NO. The van der Waals surface area contributed by atoms with Crippen molar-refractivity contribution in [3.63, 3.8) is 0 Å². The van der Waals surface area contributed by atoms with E-state index in [1.165, 1.54) is 23.1 Å². The first-order valence-corrected chi connectivity index (χ1v) is 7.25. The van der Waals surface area contributed by atoms with Crippen LogP contribution in [0.2, 0.25) is 0 Å². The smallest absolute Gasteiger partial charge is 0.0855 e. The molecule has 2 heteroatoms. The Labute approximate surface area is 115 Å². The van der Waals surface area contributed by atoms with Gasteiger partial charge in [0.25, 0.3) is 0 Å². The number of nitrogens with zero attached hydrogens (tertiary/aromatic N) is 1. The van der Waals surface area contributed by atoms with Gasteiger partial charge in [0, 0.05) is 6.21 Å². The van der Waals surface area contributed by atoms with Crippen molar-refractivity contribution < 1.29 is 5.11 Å². The molecule has 1 N–H and O–H groups in total. The van der Waals surface area contributed by atoms with Crippen molar-refractivity contribution in [3.8, 4) is 0 Å².